The van der Waals surface area contributed by atoms with Gasteiger partial charge in [0, 0.05) is 37.9 Å². The van der Waals surface area contributed by atoms with Crippen LogP contribution in [0.2, 0.25) is 0 Å². The largest absolute Gasteiger partial charge is 0.486 e. The van der Waals surface area contributed by atoms with Gasteiger partial charge in [-0.2, -0.15) is 5.10 Å². The number of aryl methyl sites for hydroxylation is 1. The number of nitrogens with one attached hydrogen (secondary N) is 2. The van der Waals surface area contributed by atoms with Gasteiger partial charge in [-0.1, -0.05) is 18.2 Å². The first-order valence-electron chi connectivity index (χ1n) is 9.40. The molecule has 3 heterocycles. The van der Waals surface area contributed by atoms with Gasteiger partial charge in [-0.05, 0) is 12.1 Å². The van der Waals surface area contributed by atoms with Gasteiger partial charge in [-0.15, -0.1) is 0 Å². The van der Waals surface area contributed by atoms with Crippen molar-refractivity contribution >= 4 is 5.91 Å². The van der Waals surface area contributed by atoms with Gasteiger partial charge in [0.15, 0.2) is 0 Å². The van der Waals surface area contributed by atoms with Crippen molar-refractivity contribution < 1.29 is 14.4 Å². The lowest BCUT2D eigenvalue weighted by Gasteiger charge is -2.45. The van der Waals surface area contributed by atoms with Gasteiger partial charge in [-0.3, -0.25) is 9.59 Å². The third-order valence-corrected chi connectivity index (χ3v) is 5.71. The number of carbonyl (C=O) groups is 1. The van der Waals surface area contributed by atoms with E-state index in [-0.39, 0.29) is 28.8 Å². The monoisotopic (exact) mass is 369 g/mol. The summed E-state index contributed by atoms with van der Waals surface area (Å²) < 4.78 is 7.61. The lowest BCUT2D eigenvalue weighted by Crippen LogP contribution is -3.10. The van der Waals surface area contributed by atoms with Crippen LogP contribution < -0.4 is 20.5 Å². The highest BCUT2D eigenvalue weighted by Gasteiger charge is 2.44. The summed E-state index contributed by atoms with van der Waals surface area (Å²) in [5.41, 5.74) is 0.759. The van der Waals surface area contributed by atoms with E-state index in [1.54, 1.807) is 7.05 Å². The molecule has 7 heteroatoms. The fourth-order valence-corrected chi connectivity index (χ4v) is 4.04. The van der Waals surface area contributed by atoms with E-state index in [0.717, 1.165) is 43.7 Å². The van der Waals surface area contributed by atoms with Crippen LogP contribution in [-0.4, -0.2) is 41.4 Å². The molecule has 4 rings (SSSR count). The van der Waals surface area contributed by atoms with E-state index < -0.39 is 0 Å². The molecule has 2 aliphatic heterocycles. The third kappa shape index (κ3) is 3.47. The van der Waals surface area contributed by atoms with Crippen molar-refractivity contribution in [3.63, 3.8) is 0 Å². The van der Waals surface area contributed by atoms with E-state index in [0.29, 0.717) is 0 Å². The summed E-state index contributed by atoms with van der Waals surface area (Å²) in [4.78, 5) is 25.8. The fraction of sp³-hybridized carbons (Fsp3) is 0.450. The van der Waals surface area contributed by atoms with Crippen LogP contribution in [0.15, 0.2) is 41.2 Å². The number of hydrogen-bond acceptors (Lipinski definition) is 4. The van der Waals surface area contributed by atoms with Crippen LogP contribution in [0.5, 0.6) is 5.75 Å². The molecule has 7 nitrogen and oxygen atoms in total. The average Bonchev–Trinajstić information content (AvgIpc) is 2.66. The van der Waals surface area contributed by atoms with Crippen molar-refractivity contribution in [2.75, 3.05) is 20.1 Å². The van der Waals surface area contributed by atoms with Crippen LogP contribution in [0.25, 0.3) is 0 Å². The number of amides is 1. The highest BCUT2D eigenvalue weighted by atomic mass is 16.5. The molecule has 1 fully saturated rings. The van der Waals surface area contributed by atoms with E-state index in [2.05, 4.69) is 17.5 Å². The lowest BCUT2D eigenvalue weighted by molar-refractivity contribution is -0.887. The van der Waals surface area contributed by atoms with E-state index >= 15 is 0 Å². The van der Waals surface area contributed by atoms with E-state index in [1.807, 2.05) is 24.3 Å². The maximum Gasteiger partial charge on any atom is 0.272 e. The number of nitrogens with zero attached hydrogens (tertiary/aromatic N) is 2. The smallest absolute Gasteiger partial charge is 0.272 e. The molecular formula is C20H25N4O3+. The summed E-state index contributed by atoms with van der Waals surface area (Å²) in [6.45, 7) is 2.12. The molecule has 0 radical (unpaired) electrons. The molecule has 2 aromatic rings. The topological polar surface area (TPSA) is 77.7 Å². The van der Waals surface area contributed by atoms with Crippen molar-refractivity contribution in [2.45, 2.75) is 30.9 Å². The van der Waals surface area contributed by atoms with Crippen molar-refractivity contribution in [3.05, 3.63) is 58.0 Å². The second kappa shape index (κ2) is 6.81. The quantitative estimate of drug-likeness (QED) is 0.786. The molecule has 1 saturated heterocycles. The third-order valence-electron chi connectivity index (χ3n) is 5.71. The zero-order valence-electron chi connectivity index (χ0n) is 15.7. The minimum atomic E-state index is -0.277. The zero-order chi connectivity index (χ0) is 19.0. The van der Waals surface area contributed by atoms with E-state index in [4.69, 9.17) is 4.74 Å². The average molecular weight is 369 g/mol. The number of hydrogen-bond donors (Lipinski definition) is 2. The first-order chi connectivity index (χ1) is 13.0. The second-order valence-corrected chi connectivity index (χ2v) is 7.69. The first kappa shape index (κ1) is 17.7. The second-order valence-electron chi connectivity index (χ2n) is 7.69. The van der Waals surface area contributed by atoms with Crippen LogP contribution >= 0.6 is 0 Å². The van der Waals surface area contributed by atoms with Crippen LogP contribution in [-0.2, 0) is 7.05 Å². The van der Waals surface area contributed by atoms with Gasteiger partial charge in [0.05, 0.1) is 26.2 Å². The number of piperidine rings is 1. The Morgan fingerprint density at radius 1 is 1.26 bits per heavy atom. The molecule has 1 aromatic carbocycles. The Morgan fingerprint density at radius 2 is 2.00 bits per heavy atom. The lowest BCUT2D eigenvalue weighted by atomic mass is 9.80. The van der Waals surface area contributed by atoms with Gasteiger partial charge in [-0.25, -0.2) is 4.68 Å². The zero-order valence-corrected chi connectivity index (χ0v) is 15.7. The molecule has 0 bridgehead atoms. The summed E-state index contributed by atoms with van der Waals surface area (Å²) in [5, 5.41) is 7.18. The number of quaternary nitrogens is 1. The molecule has 27 heavy (non-hydrogen) atoms. The minimum absolute atomic E-state index is 0.139. The Hall–Kier alpha value is -2.67. The van der Waals surface area contributed by atoms with E-state index in [9.17, 15) is 9.59 Å². The van der Waals surface area contributed by atoms with Gasteiger partial charge in [0.25, 0.3) is 11.5 Å². The molecule has 2 N–H and O–H groups in total. The summed E-state index contributed by atoms with van der Waals surface area (Å²) in [6, 6.07) is 10.6. The number of fused-ring (bicyclic) bond motifs is 1. The Kier molecular flexibility index (Phi) is 4.47. The van der Waals surface area contributed by atoms with Gasteiger partial charge in [0.2, 0.25) is 0 Å². The fourth-order valence-electron chi connectivity index (χ4n) is 4.04. The van der Waals surface area contributed by atoms with Gasteiger partial charge >= 0.3 is 0 Å². The van der Waals surface area contributed by atoms with Crippen molar-refractivity contribution in [3.8, 4) is 5.75 Å². The SMILES string of the molecule is Cn1nc(C(=O)N[C@H]2CC3(CC[NH+](C)CC3)Oc3ccccc32)ccc1=O. The number of aromatic nitrogens is 2. The Balaban J connectivity index is 1.61. The number of carbonyl (C=O) groups excluding carboxylic acids is 1. The van der Waals surface area contributed by atoms with Crippen molar-refractivity contribution in [2.24, 2.45) is 7.05 Å². The molecule has 1 aromatic heterocycles. The highest BCUT2D eigenvalue weighted by Crippen LogP contribution is 2.43. The molecule has 0 aliphatic carbocycles. The minimum Gasteiger partial charge on any atom is -0.486 e. The molecule has 0 unspecified atom stereocenters. The number of rotatable bonds is 2. The van der Waals surface area contributed by atoms with Crippen LogP contribution in [0.1, 0.15) is 41.4 Å². The number of ether oxygens (including phenoxy) is 1. The summed E-state index contributed by atoms with van der Waals surface area (Å²) >= 11 is 0. The first-order valence-corrected chi connectivity index (χ1v) is 9.40. The molecule has 1 amide bonds. The summed E-state index contributed by atoms with van der Waals surface area (Å²) in [7, 11) is 3.74. The maximum atomic E-state index is 12.8. The Labute approximate surface area is 157 Å². The van der Waals surface area contributed by atoms with Gasteiger partial charge < -0.3 is 15.0 Å². The Bertz CT molecular complexity index is 915. The predicted octanol–water partition coefficient (Wildman–Crippen LogP) is 0.0812. The maximum absolute atomic E-state index is 12.8. The van der Waals surface area contributed by atoms with Crippen molar-refractivity contribution in [1.29, 1.82) is 0 Å². The number of para-hydroxylation sites is 1. The summed E-state index contributed by atoms with van der Waals surface area (Å²) in [6.07, 6.45) is 2.68. The predicted molar refractivity (Wildman–Crippen MR) is 100.0 cm³/mol. The standard InChI is InChI=1S/C20H24N4O3/c1-23-11-9-20(10-12-23)13-16(14-5-3-4-6-17(14)27-20)21-19(26)15-7-8-18(25)24(2)22-15/h3-8,16H,9-13H2,1-2H3,(H,21,26)/p+1/t16-/m0/s1. The molecule has 142 valence electrons. The normalized spacial score (nSPS) is 26.9. The van der Waals surface area contributed by atoms with Crippen LogP contribution in [0.4, 0.5) is 0 Å². The highest BCUT2D eigenvalue weighted by molar-refractivity contribution is 5.92. The molecular weight excluding hydrogens is 344 g/mol. The van der Waals surface area contributed by atoms with Crippen LogP contribution in [0, 0.1) is 0 Å². The van der Waals surface area contributed by atoms with Gasteiger partial charge in [0.1, 0.15) is 17.0 Å². The molecule has 0 saturated carbocycles. The van der Waals surface area contributed by atoms with E-state index in [1.165, 1.54) is 21.7 Å². The number of likely N-dealkylation sites (tertiary alicyclic amines) is 1. The van der Waals surface area contributed by atoms with Crippen LogP contribution in [0.3, 0.4) is 0 Å². The molecule has 1 spiro atoms. The summed E-state index contributed by atoms with van der Waals surface area (Å²) in [5.74, 6) is 0.572. The molecule has 2 aliphatic rings. The van der Waals surface area contributed by atoms with Crippen molar-refractivity contribution in [1.82, 2.24) is 15.1 Å². The Morgan fingerprint density at radius 3 is 2.74 bits per heavy atom. The number of benzene rings is 1. The molecule has 1 atom stereocenters.